The van der Waals surface area contributed by atoms with Gasteiger partial charge in [0.1, 0.15) is 23.8 Å². The molecular formula is C18H16F2NO3-. The van der Waals surface area contributed by atoms with E-state index in [1.165, 1.54) is 6.92 Å². The Morgan fingerprint density at radius 3 is 2.33 bits per heavy atom. The third-order valence-corrected chi connectivity index (χ3v) is 3.29. The molecule has 2 aromatic carbocycles. The predicted octanol–water partition coefficient (Wildman–Crippen LogP) is 2.40. The first-order valence-electron chi connectivity index (χ1n) is 7.31. The Morgan fingerprint density at radius 1 is 1.12 bits per heavy atom. The van der Waals surface area contributed by atoms with E-state index in [4.69, 9.17) is 4.74 Å². The van der Waals surface area contributed by atoms with E-state index in [9.17, 15) is 18.7 Å². The second-order valence-electron chi connectivity index (χ2n) is 5.28. The predicted molar refractivity (Wildman–Crippen MR) is 83.2 cm³/mol. The minimum absolute atomic E-state index is 0.0302. The Labute approximate surface area is 138 Å². The number of Topliss-reactive ketones (excluding diaryl/α,β-unsaturated/α-hetero) is 1. The van der Waals surface area contributed by atoms with Crippen LogP contribution in [0.3, 0.4) is 0 Å². The lowest BCUT2D eigenvalue weighted by Crippen LogP contribution is -2.28. The largest absolute Gasteiger partial charge is 0.596 e. The number of ketones is 1. The fourth-order valence-electron chi connectivity index (χ4n) is 2.12. The maximum Gasteiger partial charge on any atom is 0.154 e. The summed E-state index contributed by atoms with van der Waals surface area (Å²) in [6.07, 6.45) is -0.972. The average Bonchev–Trinajstić information content (AvgIpc) is 2.52. The van der Waals surface area contributed by atoms with E-state index < -0.39 is 29.5 Å². The van der Waals surface area contributed by atoms with Gasteiger partial charge in [0.05, 0.1) is 0 Å². The quantitative estimate of drug-likeness (QED) is 0.603. The molecule has 0 aliphatic carbocycles. The Balaban J connectivity index is 2.05. The zero-order chi connectivity index (χ0) is 17.5. The van der Waals surface area contributed by atoms with Crippen LogP contribution in [0.4, 0.5) is 8.78 Å². The number of carbonyl (C=O) groups excluding carboxylic acids is 1. The van der Waals surface area contributed by atoms with E-state index in [0.717, 1.165) is 23.8 Å². The highest BCUT2D eigenvalue weighted by atomic mass is 19.1. The molecule has 2 rings (SSSR count). The minimum Gasteiger partial charge on any atom is -0.596 e. The van der Waals surface area contributed by atoms with Crippen LogP contribution < -0.4 is 5.11 Å². The molecule has 0 heterocycles. The smallest absolute Gasteiger partial charge is 0.154 e. The van der Waals surface area contributed by atoms with Gasteiger partial charge in [-0.2, -0.15) is 0 Å². The number of benzene rings is 2. The lowest BCUT2D eigenvalue weighted by molar-refractivity contribution is -0.252. The minimum atomic E-state index is -1.05. The van der Waals surface area contributed by atoms with Crippen molar-refractivity contribution in [2.45, 2.75) is 26.0 Å². The second kappa shape index (κ2) is 8.19. The molecule has 0 radical (unpaired) electrons. The summed E-state index contributed by atoms with van der Waals surface area (Å²) >= 11 is 0. The molecule has 4 nitrogen and oxygen atoms in total. The summed E-state index contributed by atoms with van der Waals surface area (Å²) in [6.45, 7) is 1.29. The molecule has 0 unspecified atom stereocenters. The molecule has 0 spiro atoms. The zero-order valence-corrected chi connectivity index (χ0v) is 13.0. The Bertz CT molecular complexity index is 712. The van der Waals surface area contributed by atoms with Gasteiger partial charge in [-0.25, -0.2) is 8.78 Å². The van der Waals surface area contributed by atoms with Crippen LogP contribution >= 0.6 is 0 Å². The van der Waals surface area contributed by atoms with Crippen molar-refractivity contribution >= 4 is 11.9 Å². The SMILES string of the molecule is CC(=O)[C@H](Cc1cc(F)cc(F)c1)N=C([O-])OCc1ccccc1. The van der Waals surface area contributed by atoms with E-state index >= 15 is 0 Å². The Morgan fingerprint density at radius 2 is 1.75 bits per heavy atom. The van der Waals surface area contributed by atoms with Crippen LogP contribution in [0.5, 0.6) is 0 Å². The van der Waals surface area contributed by atoms with Gasteiger partial charge in [0.2, 0.25) is 0 Å². The number of carbonyl (C=O) groups is 1. The van der Waals surface area contributed by atoms with Crippen molar-refractivity contribution in [3.8, 4) is 0 Å². The van der Waals surface area contributed by atoms with E-state index in [2.05, 4.69) is 4.99 Å². The number of hydrogen-bond donors (Lipinski definition) is 0. The first kappa shape index (κ1) is 17.6. The van der Waals surface area contributed by atoms with Crippen molar-refractivity contribution in [3.63, 3.8) is 0 Å². The molecule has 126 valence electrons. The second-order valence-corrected chi connectivity index (χ2v) is 5.28. The summed E-state index contributed by atoms with van der Waals surface area (Å²) < 4.78 is 31.4. The monoisotopic (exact) mass is 332 g/mol. The summed E-state index contributed by atoms with van der Waals surface area (Å²) in [6, 6.07) is 10.9. The Kier molecular flexibility index (Phi) is 6.01. The fraction of sp³-hybridized carbons (Fsp3) is 0.222. The summed E-state index contributed by atoms with van der Waals surface area (Å²) in [5.74, 6) is -1.89. The molecule has 0 aliphatic heterocycles. The van der Waals surface area contributed by atoms with Crippen LogP contribution in [0.25, 0.3) is 0 Å². The average molecular weight is 332 g/mol. The molecule has 0 amide bonds. The van der Waals surface area contributed by atoms with Crippen molar-refractivity contribution in [3.05, 3.63) is 71.3 Å². The zero-order valence-electron chi connectivity index (χ0n) is 13.0. The summed E-state index contributed by atoms with van der Waals surface area (Å²) in [5.41, 5.74) is 1.03. The molecule has 0 fully saturated rings. The number of aliphatic imine (C=N–C) groups is 1. The standard InChI is InChI=1S/C18H17F2NO3/c1-12(22)17(9-14-7-15(19)10-16(20)8-14)21-18(23)24-11-13-5-3-2-4-6-13/h2-8,10,17H,9,11H2,1H3,(H,21,23)/p-1/t17-/m0/s1. The number of ether oxygens (including phenoxy) is 1. The normalized spacial score (nSPS) is 12.7. The third-order valence-electron chi connectivity index (χ3n) is 3.29. The lowest BCUT2D eigenvalue weighted by atomic mass is 10.0. The van der Waals surface area contributed by atoms with E-state index in [0.29, 0.717) is 0 Å². The first-order valence-corrected chi connectivity index (χ1v) is 7.31. The maximum atomic E-state index is 13.2. The molecule has 0 N–H and O–H groups in total. The van der Waals surface area contributed by atoms with Crippen LogP contribution in [0.2, 0.25) is 0 Å². The van der Waals surface area contributed by atoms with Crippen molar-refractivity contribution < 1.29 is 23.4 Å². The topological polar surface area (TPSA) is 61.7 Å². The molecule has 24 heavy (non-hydrogen) atoms. The number of rotatable bonds is 6. The highest BCUT2D eigenvalue weighted by Gasteiger charge is 2.15. The van der Waals surface area contributed by atoms with E-state index in [-0.39, 0.29) is 18.6 Å². The highest BCUT2D eigenvalue weighted by Crippen LogP contribution is 2.12. The van der Waals surface area contributed by atoms with Gasteiger partial charge in [0.15, 0.2) is 5.78 Å². The van der Waals surface area contributed by atoms with Gasteiger partial charge in [-0.05, 0) is 30.2 Å². The van der Waals surface area contributed by atoms with Crippen LogP contribution in [0.1, 0.15) is 18.1 Å². The maximum absolute atomic E-state index is 13.2. The molecular weight excluding hydrogens is 316 g/mol. The van der Waals surface area contributed by atoms with E-state index in [1.807, 2.05) is 6.07 Å². The van der Waals surface area contributed by atoms with Crippen molar-refractivity contribution in [2.24, 2.45) is 4.99 Å². The van der Waals surface area contributed by atoms with Crippen LogP contribution in [-0.4, -0.2) is 17.9 Å². The summed E-state index contributed by atoms with van der Waals surface area (Å²) in [7, 11) is 0. The number of nitrogens with zero attached hydrogens (tertiary/aromatic N) is 1. The third kappa shape index (κ3) is 5.46. The van der Waals surface area contributed by atoms with Gasteiger partial charge >= 0.3 is 0 Å². The van der Waals surface area contributed by atoms with Gasteiger partial charge < -0.3 is 9.84 Å². The van der Waals surface area contributed by atoms with Crippen molar-refractivity contribution in [1.29, 1.82) is 0 Å². The number of hydrogen-bond acceptors (Lipinski definition) is 4. The highest BCUT2D eigenvalue weighted by molar-refractivity contribution is 5.83. The number of halogens is 2. The lowest BCUT2D eigenvalue weighted by Gasteiger charge is -2.17. The summed E-state index contributed by atoms with van der Waals surface area (Å²) in [5, 5.41) is 11.8. The summed E-state index contributed by atoms with van der Waals surface area (Å²) in [4.78, 5) is 15.3. The molecule has 2 aromatic rings. The van der Waals surface area contributed by atoms with Gasteiger partial charge in [-0.15, -0.1) is 0 Å². The van der Waals surface area contributed by atoms with Gasteiger partial charge in [0.25, 0.3) is 0 Å². The van der Waals surface area contributed by atoms with Crippen molar-refractivity contribution in [1.82, 2.24) is 0 Å². The van der Waals surface area contributed by atoms with E-state index in [1.54, 1.807) is 24.3 Å². The first-order chi connectivity index (χ1) is 11.4. The molecule has 0 saturated carbocycles. The molecule has 0 aromatic heterocycles. The molecule has 0 saturated heterocycles. The molecule has 1 atom stereocenters. The Hall–Kier alpha value is -2.76. The molecule has 0 aliphatic rings. The van der Waals surface area contributed by atoms with Crippen molar-refractivity contribution in [2.75, 3.05) is 0 Å². The van der Waals surface area contributed by atoms with Gasteiger partial charge in [-0.3, -0.25) is 9.79 Å². The van der Waals surface area contributed by atoms with Gasteiger partial charge in [-0.1, -0.05) is 30.3 Å². The molecule has 6 heteroatoms. The fourth-order valence-corrected chi connectivity index (χ4v) is 2.12. The van der Waals surface area contributed by atoms with Crippen LogP contribution in [-0.2, 0) is 22.6 Å². The van der Waals surface area contributed by atoms with Crippen LogP contribution in [0, 0.1) is 11.6 Å². The molecule has 0 bridgehead atoms. The van der Waals surface area contributed by atoms with Crippen LogP contribution in [0.15, 0.2) is 53.5 Å². The van der Waals surface area contributed by atoms with Gasteiger partial charge in [0, 0.05) is 19.1 Å².